The topological polar surface area (TPSA) is 53.6 Å². The SMILES string of the molecule is C=CC1=C(C=C)[C@@H](c2ccc(F)cc2)N(C(=O)N[C@@H]2CNCCOC2)CC1. The van der Waals surface area contributed by atoms with E-state index in [-0.39, 0.29) is 23.9 Å². The van der Waals surface area contributed by atoms with E-state index in [0.717, 1.165) is 23.3 Å². The number of halogens is 1. The van der Waals surface area contributed by atoms with Crippen molar-refractivity contribution in [1.29, 1.82) is 0 Å². The van der Waals surface area contributed by atoms with Gasteiger partial charge in [0.25, 0.3) is 0 Å². The lowest BCUT2D eigenvalue weighted by atomic mass is 9.88. The van der Waals surface area contributed by atoms with Gasteiger partial charge in [-0.25, -0.2) is 9.18 Å². The van der Waals surface area contributed by atoms with Crippen LogP contribution in [0.4, 0.5) is 9.18 Å². The molecule has 2 aliphatic rings. The summed E-state index contributed by atoms with van der Waals surface area (Å²) in [5.74, 6) is -0.305. The highest BCUT2D eigenvalue weighted by Crippen LogP contribution is 2.37. The second-order valence-electron chi connectivity index (χ2n) is 6.71. The van der Waals surface area contributed by atoms with Gasteiger partial charge in [-0.3, -0.25) is 0 Å². The summed E-state index contributed by atoms with van der Waals surface area (Å²) in [7, 11) is 0. The van der Waals surface area contributed by atoms with Crippen molar-refractivity contribution in [3.05, 3.63) is 72.1 Å². The van der Waals surface area contributed by atoms with E-state index in [1.807, 2.05) is 6.08 Å². The number of urea groups is 1. The Morgan fingerprint density at radius 1 is 1.30 bits per heavy atom. The number of nitrogens with one attached hydrogen (secondary N) is 2. The van der Waals surface area contributed by atoms with Gasteiger partial charge in [-0.1, -0.05) is 37.4 Å². The van der Waals surface area contributed by atoms with Gasteiger partial charge in [0.1, 0.15) is 5.82 Å². The third-order valence-electron chi connectivity index (χ3n) is 4.97. The van der Waals surface area contributed by atoms with Gasteiger partial charge in [-0.05, 0) is 35.3 Å². The molecule has 0 bridgehead atoms. The molecular weight excluding hydrogens is 345 g/mol. The van der Waals surface area contributed by atoms with E-state index in [1.54, 1.807) is 23.1 Å². The summed E-state index contributed by atoms with van der Waals surface area (Å²) in [6, 6.07) is 5.67. The predicted octanol–water partition coefficient (Wildman–Crippen LogP) is 2.94. The number of carbonyl (C=O) groups is 1. The molecule has 27 heavy (non-hydrogen) atoms. The molecule has 0 aliphatic carbocycles. The van der Waals surface area contributed by atoms with Crippen LogP contribution in [0.25, 0.3) is 0 Å². The number of allylic oxidation sites excluding steroid dienone is 1. The van der Waals surface area contributed by atoms with Crippen molar-refractivity contribution in [3.63, 3.8) is 0 Å². The summed E-state index contributed by atoms with van der Waals surface area (Å²) in [6.07, 6.45) is 4.28. The minimum atomic E-state index is -0.329. The zero-order valence-electron chi connectivity index (χ0n) is 15.4. The Morgan fingerprint density at radius 2 is 2.07 bits per heavy atom. The Labute approximate surface area is 159 Å². The summed E-state index contributed by atoms with van der Waals surface area (Å²) in [4.78, 5) is 14.8. The van der Waals surface area contributed by atoms with Crippen molar-refractivity contribution in [1.82, 2.24) is 15.5 Å². The monoisotopic (exact) mass is 371 g/mol. The summed E-state index contributed by atoms with van der Waals surface area (Å²) in [5, 5.41) is 6.31. The van der Waals surface area contributed by atoms with E-state index in [4.69, 9.17) is 4.74 Å². The lowest BCUT2D eigenvalue weighted by molar-refractivity contribution is 0.127. The summed E-state index contributed by atoms with van der Waals surface area (Å²) < 4.78 is 18.9. The number of amides is 2. The van der Waals surface area contributed by atoms with Crippen LogP contribution in [0.5, 0.6) is 0 Å². The van der Waals surface area contributed by atoms with Crippen LogP contribution >= 0.6 is 0 Å². The van der Waals surface area contributed by atoms with Gasteiger partial charge in [-0.2, -0.15) is 0 Å². The maximum absolute atomic E-state index is 13.4. The number of hydrogen-bond donors (Lipinski definition) is 2. The second kappa shape index (κ2) is 8.97. The van der Waals surface area contributed by atoms with E-state index in [9.17, 15) is 9.18 Å². The molecule has 1 fully saturated rings. The molecule has 5 nitrogen and oxygen atoms in total. The minimum Gasteiger partial charge on any atom is -0.378 e. The molecule has 0 unspecified atom stereocenters. The van der Waals surface area contributed by atoms with Crippen molar-refractivity contribution in [2.45, 2.75) is 18.5 Å². The van der Waals surface area contributed by atoms with Crippen molar-refractivity contribution in [2.75, 3.05) is 32.8 Å². The average molecular weight is 371 g/mol. The molecular formula is C21H26FN3O2. The number of rotatable bonds is 4. The Kier molecular flexibility index (Phi) is 6.42. The predicted molar refractivity (Wildman–Crippen MR) is 104 cm³/mol. The van der Waals surface area contributed by atoms with Gasteiger partial charge in [0.15, 0.2) is 0 Å². The zero-order valence-corrected chi connectivity index (χ0v) is 15.4. The van der Waals surface area contributed by atoms with Crippen LogP contribution in [0, 0.1) is 5.82 Å². The van der Waals surface area contributed by atoms with Crippen LogP contribution in [0.2, 0.25) is 0 Å². The van der Waals surface area contributed by atoms with Crippen LogP contribution in [0.1, 0.15) is 18.0 Å². The fourth-order valence-electron chi connectivity index (χ4n) is 3.60. The Bertz CT molecular complexity index is 721. The molecule has 2 N–H and O–H groups in total. The first-order chi connectivity index (χ1) is 13.1. The molecule has 6 heteroatoms. The third kappa shape index (κ3) is 4.46. The van der Waals surface area contributed by atoms with E-state index < -0.39 is 0 Å². The van der Waals surface area contributed by atoms with E-state index in [1.165, 1.54) is 12.1 Å². The minimum absolute atomic E-state index is 0.0918. The second-order valence-corrected chi connectivity index (χ2v) is 6.71. The number of benzene rings is 1. The lowest BCUT2D eigenvalue weighted by Crippen LogP contribution is -2.51. The van der Waals surface area contributed by atoms with Crippen LogP contribution in [-0.2, 0) is 4.74 Å². The molecule has 1 aromatic carbocycles. The van der Waals surface area contributed by atoms with Crippen LogP contribution in [0.15, 0.2) is 60.7 Å². The van der Waals surface area contributed by atoms with Crippen molar-refractivity contribution < 1.29 is 13.9 Å². The number of ether oxygens (including phenoxy) is 1. The molecule has 3 rings (SSSR count). The maximum atomic E-state index is 13.4. The van der Waals surface area contributed by atoms with E-state index in [0.29, 0.717) is 32.7 Å². The third-order valence-corrected chi connectivity index (χ3v) is 4.97. The molecule has 0 aromatic heterocycles. The fraction of sp³-hybridized carbons (Fsp3) is 0.381. The molecule has 2 aliphatic heterocycles. The number of carbonyl (C=O) groups excluding carboxylic acids is 1. The first-order valence-corrected chi connectivity index (χ1v) is 9.23. The molecule has 1 aromatic rings. The molecule has 2 heterocycles. The average Bonchev–Trinajstić information content (AvgIpc) is 2.96. The number of hydrogen-bond acceptors (Lipinski definition) is 3. The van der Waals surface area contributed by atoms with Gasteiger partial charge in [0.2, 0.25) is 0 Å². The molecule has 2 amide bonds. The Morgan fingerprint density at radius 3 is 2.78 bits per heavy atom. The van der Waals surface area contributed by atoms with Gasteiger partial charge >= 0.3 is 6.03 Å². The van der Waals surface area contributed by atoms with Crippen LogP contribution < -0.4 is 10.6 Å². The van der Waals surface area contributed by atoms with Crippen molar-refractivity contribution >= 4 is 6.03 Å². The highest BCUT2D eigenvalue weighted by molar-refractivity contribution is 5.76. The smallest absolute Gasteiger partial charge is 0.318 e. The van der Waals surface area contributed by atoms with E-state index in [2.05, 4.69) is 23.8 Å². The highest BCUT2D eigenvalue weighted by atomic mass is 19.1. The first kappa shape index (κ1) is 19.3. The summed E-state index contributed by atoms with van der Waals surface area (Å²) >= 11 is 0. The molecule has 2 atom stereocenters. The Hall–Kier alpha value is -2.44. The Balaban J connectivity index is 1.88. The van der Waals surface area contributed by atoms with Gasteiger partial charge in [0.05, 0.1) is 25.3 Å². The van der Waals surface area contributed by atoms with Gasteiger partial charge in [-0.15, -0.1) is 0 Å². The maximum Gasteiger partial charge on any atom is 0.318 e. The molecule has 1 saturated heterocycles. The standard InChI is InChI=1S/C21H26FN3O2/c1-3-15-9-11-25(21(26)24-18-13-23-10-12-27-14-18)20(19(15)4-2)16-5-7-17(22)8-6-16/h3-8,18,20,23H,1-2,9-14H2,(H,24,26)/t18-,20-/m1/s1. The van der Waals surface area contributed by atoms with Crippen LogP contribution in [-0.4, -0.2) is 49.8 Å². The quantitative estimate of drug-likeness (QED) is 0.856. The van der Waals surface area contributed by atoms with Gasteiger partial charge in [0, 0.05) is 19.6 Å². The molecule has 0 saturated carbocycles. The molecule has 144 valence electrons. The first-order valence-electron chi connectivity index (χ1n) is 9.23. The zero-order chi connectivity index (χ0) is 19.2. The van der Waals surface area contributed by atoms with Crippen molar-refractivity contribution in [2.24, 2.45) is 0 Å². The fourth-order valence-corrected chi connectivity index (χ4v) is 3.60. The lowest BCUT2D eigenvalue weighted by Gasteiger charge is -2.38. The molecule has 0 radical (unpaired) electrons. The number of nitrogens with zero attached hydrogens (tertiary/aromatic N) is 1. The summed E-state index contributed by atoms with van der Waals surface area (Å²) in [5.41, 5.74) is 2.83. The van der Waals surface area contributed by atoms with Crippen LogP contribution in [0.3, 0.4) is 0 Å². The normalized spacial score (nSPS) is 23.5. The van der Waals surface area contributed by atoms with Crippen molar-refractivity contribution in [3.8, 4) is 0 Å². The largest absolute Gasteiger partial charge is 0.378 e. The highest BCUT2D eigenvalue weighted by Gasteiger charge is 2.33. The molecule has 0 spiro atoms. The van der Waals surface area contributed by atoms with Gasteiger partial charge < -0.3 is 20.3 Å². The summed E-state index contributed by atoms with van der Waals surface area (Å²) in [6.45, 7) is 10.9. The van der Waals surface area contributed by atoms with E-state index >= 15 is 0 Å².